The zero-order valence-corrected chi connectivity index (χ0v) is 34.5. The highest BCUT2D eigenvalue weighted by molar-refractivity contribution is 6.25. The van der Waals surface area contributed by atoms with Crippen molar-refractivity contribution in [2.75, 3.05) is 0 Å². The molecule has 6 heteroatoms. The van der Waals surface area contributed by atoms with E-state index in [2.05, 4.69) is 179 Å². The summed E-state index contributed by atoms with van der Waals surface area (Å²) in [5.41, 5.74) is 10.7. The lowest BCUT2D eigenvalue weighted by Gasteiger charge is -2.13. The second kappa shape index (κ2) is 14.4. The molecular weight excluding hydrogens is 781 g/mol. The van der Waals surface area contributed by atoms with Crippen molar-refractivity contribution in [3.05, 3.63) is 219 Å². The Morgan fingerprint density at radius 2 is 0.953 bits per heavy atom. The van der Waals surface area contributed by atoms with Crippen molar-refractivity contribution in [3.63, 3.8) is 0 Å². The van der Waals surface area contributed by atoms with Crippen LogP contribution in [0.25, 0.3) is 122 Å². The monoisotopic (exact) mass is 816 g/mol. The average Bonchev–Trinajstić information content (AvgIpc) is 3.88. The van der Waals surface area contributed by atoms with Gasteiger partial charge in [0.1, 0.15) is 5.82 Å². The lowest BCUT2D eigenvalue weighted by Crippen LogP contribution is -2.01. The van der Waals surface area contributed by atoms with Crippen molar-refractivity contribution in [1.82, 2.24) is 29.1 Å². The van der Waals surface area contributed by atoms with Gasteiger partial charge >= 0.3 is 0 Å². The van der Waals surface area contributed by atoms with Crippen LogP contribution < -0.4 is 0 Å². The van der Waals surface area contributed by atoms with Crippen molar-refractivity contribution in [1.29, 1.82) is 0 Å². The van der Waals surface area contributed by atoms with Gasteiger partial charge in [0.25, 0.3) is 0 Å². The number of para-hydroxylation sites is 1. The van der Waals surface area contributed by atoms with Gasteiger partial charge in [0.15, 0.2) is 17.5 Å². The van der Waals surface area contributed by atoms with Gasteiger partial charge in [-0.05, 0) is 81.2 Å². The van der Waals surface area contributed by atoms with Gasteiger partial charge in [-0.15, -0.1) is 0 Å². The van der Waals surface area contributed by atoms with E-state index in [9.17, 15) is 0 Å². The molecule has 4 aromatic heterocycles. The summed E-state index contributed by atoms with van der Waals surface area (Å²) in [6.45, 7) is 0. The van der Waals surface area contributed by atoms with E-state index in [1.807, 2.05) is 48.7 Å². The van der Waals surface area contributed by atoms with Gasteiger partial charge in [-0.25, -0.2) is 19.9 Å². The molecular formula is C58H36N6. The molecule has 0 fully saturated rings. The molecule has 0 aliphatic carbocycles. The van der Waals surface area contributed by atoms with E-state index in [4.69, 9.17) is 19.9 Å². The zero-order valence-electron chi connectivity index (χ0n) is 34.5. The van der Waals surface area contributed by atoms with E-state index in [1.165, 1.54) is 37.9 Å². The van der Waals surface area contributed by atoms with Gasteiger partial charge in [0.2, 0.25) is 0 Å². The summed E-state index contributed by atoms with van der Waals surface area (Å²) < 4.78 is 4.72. The maximum atomic E-state index is 5.17. The Balaban J connectivity index is 0.998. The first-order chi connectivity index (χ1) is 31.7. The second-order valence-corrected chi connectivity index (χ2v) is 16.3. The Kier molecular flexibility index (Phi) is 8.11. The normalized spacial score (nSPS) is 11.8. The van der Waals surface area contributed by atoms with Crippen LogP contribution >= 0.6 is 0 Å². The fourth-order valence-electron chi connectivity index (χ4n) is 9.65. The standard InChI is InChI=1S/C58H36N6/c1-3-14-37(15-4-1)38-25-27-41(28-26-38)57-60-56(40-17-5-2-6-18-40)61-58(62-57)47-22-13-19-42-34-43(30-31-44(42)47)63-50-23-10-9-21-46(50)48-35-49-53(36-52(48)63)64(54-24-11-12-33-59-54)51-32-29-39-16-7-8-20-45(39)55(49)51/h1-36H. The molecule has 0 aliphatic rings. The van der Waals surface area contributed by atoms with Gasteiger partial charge in [0.05, 0.1) is 22.1 Å². The van der Waals surface area contributed by atoms with Crippen molar-refractivity contribution < 1.29 is 0 Å². The van der Waals surface area contributed by atoms with Crippen LogP contribution in [0.15, 0.2) is 219 Å². The Morgan fingerprint density at radius 3 is 1.75 bits per heavy atom. The van der Waals surface area contributed by atoms with E-state index in [0.717, 1.165) is 66.6 Å². The third-order valence-corrected chi connectivity index (χ3v) is 12.6. The molecule has 0 atom stereocenters. The van der Waals surface area contributed by atoms with Crippen LogP contribution in [0, 0.1) is 0 Å². The minimum absolute atomic E-state index is 0.628. The van der Waals surface area contributed by atoms with Gasteiger partial charge in [-0.2, -0.15) is 0 Å². The SMILES string of the molecule is c1ccc(-c2ccc(-c3nc(-c4ccccc4)nc(-c4cccc5cc(-n6c7ccccc7c7cc8c9c%10ccccc%10ccc9n(-c9ccccn9)c8cc76)ccc45)n3)cc2)cc1. The topological polar surface area (TPSA) is 61.4 Å². The quantitative estimate of drug-likeness (QED) is 0.168. The summed E-state index contributed by atoms with van der Waals surface area (Å²) >= 11 is 0. The van der Waals surface area contributed by atoms with E-state index in [0.29, 0.717) is 17.5 Å². The first kappa shape index (κ1) is 36.0. The van der Waals surface area contributed by atoms with Crippen molar-refractivity contribution >= 4 is 65.2 Å². The molecule has 0 aliphatic heterocycles. The molecule has 0 N–H and O–H groups in total. The van der Waals surface area contributed by atoms with Crippen LogP contribution in [0.1, 0.15) is 0 Å². The Morgan fingerprint density at radius 1 is 0.312 bits per heavy atom. The highest BCUT2D eigenvalue weighted by Crippen LogP contribution is 2.42. The van der Waals surface area contributed by atoms with Crippen molar-refractivity contribution in [2.45, 2.75) is 0 Å². The molecule has 9 aromatic carbocycles. The first-order valence-corrected chi connectivity index (χ1v) is 21.5. The van der Waals surface area contributed by atoms with Gasteiger partial charge < -0.3 is 4.57 Å². The number of benzene rings is 9. The Labute approximate surface area is 368 Å². The second-order valence-electron chi connectivity index (χ2n) is 16.3. The van der Waals surface area contributed by atoms with E-state index in [1.54, 1.807) is 0 Å². The predicted molar refractivity (Wildman–Crippen MR) is 263 cm³/mol. The molecule has 0 amide bonds. The molecule has 0 spiro atoms. The molecule has 0 bridgehead atoms. The summed E-state index contributed by atoms with van der Waals surface area (Å²) in [4.78, 5) is 20.2. The Hall–Kier alpha value is -8.74. The largest absolute Gasteiger partial charge is 0.309 e. The summed E-state index contributed by atoms with van der Waals surface area (Å²) in [6, 6.07) is 74.9. The van der Waals surface area contributed by atoms with Crippen LogP contribution in [0.2, 0.25) is 0 Å². The van der Waals surface area contributed by atoms with E-state index >= 15 is 0 Å². The van der Waals surface area contributed by atoms with Gasteiger partial charge in [-0.3, -0.25) is 4.57 Å². The van der Waals surface area contributed by atoms with Crippen LogP contribution in [-0.4, -0.2) is 29.1 Å². The molecule has 4 heterocycles. The minimum Gasteiger partial charge on any atom is -0.309 e. The van der Waals surface area contributed by atoms with Crippen molar-refractivity contribution in [3.8, 4) is 56.8 Å². The first-order valence-electron chi connectivity index (χ1n) is 21.5. The number of nitrogens with zero attached hydrogens (tertiary/aromatic N) is 6. The molecule has 64 heavy (non-hydrogen) atoms. The van der Waals surface area contributed by atoms with Crippen LogP contribution in [0.3, 0.4) is 0 Å². The number of hydrogen-bond donors (Lipinski definition) is 0. The molecule has 298 valence electrons. The van der Waals surface area contributed by atoms with Gasteiger partial charge in [-0.1, -0.05) is 164 Å². The number of fused-ring (bicyclic) bond motifs is 9. The Bertz CT molecular complexity index is 3930. The minimum atomic E-state index is 0.628. The lowest BCUT2D eigenvalue weighted by molar-refractivity contribution is 1.08. The molecule has 13 aromatic rings. The van der Waals surface area contributed by atoms with E-state index < -0.39 is 0 Å². The molecule has 0 saturated heterocycles. The highest BCUT2D eigenvalue weighted by atomic mass is 15.1. The van der Waals surface area contributed by atoms with Crippen molar-refractivity contribution in [2.24, 2.45) is 0 Å². The third kappa shape index (κ3) is 5.73. The summed E-state index contributed by atoms with van der Waals surface area (Å²) in [7, 11) is 0. The fourth-order valence-corrected chi connectivity index (χ4v) is 9.65. The molecule has 0 unspecified atom stereocenters. The zero-order chi connectivity index (χ0) is 42.1. The van der Waals surface area contributed by atoms with E-state index in [-0.39, 0.29) is 0 Å². The molecule has 0 radical (unpaired) electrons. The van der Waals surface area contributed by atoms with Crippen LogP contribution in [0.5, 0.6) is 0 Å². The maximum absolute atomic E-state index is 5.17. The number of pyridine rings is 1. The molecule has 13 rings (SSSR count). The smallest absolute Gasteiger partial charge is 0.164 e. The maximum Gasteiger partial charge on any atom is 0.164 e. The number of aromatic nitrogens is 6. The predicted octanol–water partition coefficient (Wildman–Crippen LogP) is 14.4. The summed E-state index contributed by atoms with van der Waals surface area (Å²) in [5, 5.41) is 9.44. The number of hydrogen-bond acceptors (Lipinski definition) is 4. The lowest BCUT2D eigenvalue weighted by atomic mass is 10.0. The molecule has 6 nitrogen and oxygen atoms in total. The highest BCUT2D eigenvalue weighted by Gasteiger charge is 2.21. The number of rotatable bonds is 6. The summed E-state index contributed by atoms with van der Waals surface area (Å²) in [6.07, 6.45) is 1.87. The van der Waals surface area contributed by atoms with Crippen LogP contribution in [-0.2, 0) is 0 Å². The average molecular weight is 817 g/mol. The summed E-state index contributed by atoms with van der Waals surface area (Å²) in [5.74, 6) is 2.78. The van der Waals surface area contributed by atoms with Gasteiger partial charge in [0, 0.05) is 50.1 Å². The third-order valence-electron chi connectivity index (χ3n) is 12.6. The van der Waals surface area contributed by atoms with Crippen LogP contribution in [0.4, 0.5) is 0 Å². The molecule has 0 saturated carbocycles. The fraction of sp³-hybridized carbons (Fsp3) is 0.